The average molecular weight is 344 g/mol. The van der Waals surface area contributed by atoms with Gasteiger partial charge in [-0.25, -0.2) is 0 Å². The summed E-state index contributed by atoms with van der Waals surface area (Å²) in [5, 5.41) is 12.3. The van der Waals surface area contributed by atoms with Gasteiger partial charge in [0.1, 0.15) is 5.75 Å². The van der Waals surface area contributed by atoms with E-state index in [4.69, 9.17) is 4.74 Å². The van der Waals surface area contributed by atoms with E-state index >= 15 is 0 Å². The van der Waals surface area contributed by atoms with Crippen LogP contribution in [-0.2, 0) is 11.2 Å². The highest BCUT2D eigenvalue weighted by atomic mass is 79.9. The van der Waals surface area contributed by atoms with Crippen LogP contribution < -0.4 is 10.1 Å². The van der Waals surface area contributed by atoms with Crippen LogP contribution in [0.3, 0.4) is 0 Å². The first-order valence-electron chi connectivity index (χ1n) is 6.84. The zero-order chi connectivity index (χ0) is 15.0. The first-order valence-corrected chi connectivity index (χ1v) is 7.63. The Kier molecular flexibility index (Phi) is 7.62. The normalized spacial score (nSPS) is 12.0. The fourth-order valence-corrected chi connectivity index (χ4v) is 2.47. The van der Waals surface area contributed by atoms with Gasteiger partial charge < -0.3 is 15.2 Å². The van der Waals surface area contributed by atoms with Crippen molar-refractivity contribution in [2.75, 3.05) is 13.7 Å². The van der Waals surface area contributed by atoms with E-state index in [0.29, 0.717) is 25.8 Å². The van der Waals surface area contributed by atoms with Gasteiger partial charge in [-0.05, 0) is 46.5 Å². The minimum Gasteiger partial charge on any atom is -0.496 e. The molecule has 20 heavy (non-hydrogen) atoms. The second kappa shape index (κ2) is 8.97. The lowest BCUT2D eigenvalue weighted by atomic mass is 10.1. The van der Waals surface area contributed by atoms with Crippen molar-refractivity contribution in [3.05, 3.63) is 28.2 Å². The monoisotopic (exact) mass is 343 g/mol. The third-order valence-corrected chi connectivity index (χ3v) is 3.63. The smallest absolute Gasteiger partial charge is 0.220 e. The fraction of sp³-hybridized carbons (Fsp3) is 0.533. The number of aliphatic hydroxyl groups excluding tert-OH is 1. The second-order valence-corrected chi connectivity index (χ2v) is 5.57. The van der Waals surface area contributed by atoms with Crippen LogP contribution in [0.15, 0.2) is 22.7 Å². The zero-order valence-corrected chi connectivity index (χ0v) is 13.6. The Morgan fingerprint density at radius 3 is 2.85 bits per heavy atom. The van der Waals surface area contributed by atoms with Crippen molar-refractivity contribution in [1.29, 1.82) is 0 Å². The molecule has 1 aromatic rings. The maximum Gasteiger partial charge on any atom is 0.220 e. The van der Waals surface area contributed by atoms with E-state index < -0.39 is 6.10 Å². The number of hydrogen-bond acceptors (Lipinski definition) is 3. The highest BCUT2D eigenvalue weighted by molar-refractivity contribution is 9.10. The van der Waals surface area contributed by atoms with Crippen molar-refractivity contribution >= 4 is 21.8 Å². The molecular formula is C15H22BrNO3. The van der Waals surface area contributed by atoms with E-state index in [1.807, 2.05) is 25.1 Å². The van der Waals surface area contributed by atoms with Crippen LogP contribution in [0.1, 0.15) is 31.7 Å². The predicted octanol–water partition coefficient (Wildman–Crippen LogP) is 2.67. The molecule has 0 saturated carbocycles. The van der Waals surface area contributed by atoms with Gasteiger partial charge in [0.25, 0.3) is 0 Å². The molecule has 1 aromatic carbocycles. The molecule has 5 heteroatoms. The van der Waals surface area contributed by atoms with Gasteiger partial charge in [-0.1, -0.05) is 19.4 Å². The molecule has 0 aliphatic rings. The van der Waals surface area contributed by atoms with Crippen LogP contribution >= 0.6 is 15.9 Å². The molecular weight excluding hydrogens is 322 g/mol. The Balaban J connectivity index is 2.35. The van der Waals surface area contributed by atoms with E-state index in [1.165, 1.54) is 0 Å². The molecule has 1 rings (SSSR count). The number of carbonyl (C=O) groups excluding carboxylic acids is 1. The topological polar surface area (TPSA) is 58.6 Å². The lowest BCUT2D eigenvalue weighted by Gasteiger charge is -2.11. The van der Waals surface area contributed by atoms with Crippen LogP contribution in [0.2, 0.25) is 0 Å². The first kappa shape index (κ1) is 17.0. The maximum absolute atomic E-state index is 11.7. The molecule has 0 aromatic heterocycles. The number of rotatable bonds is 8. The summed E-state index contributed by atoms with van der Waals surface area (Å²) in [7, 11) is 1.62. The number of benzene rings is 1. The van der Waals surface area contributed by atoms with Crippen LogP contribution in [0, 0.1) is 0 Å². The molecule has 0 spiro atoms. The van der Waals surface area contributed by atoms with Crippen molar-refractivity contribution in [2.45, 2.75) is 38.7 Å². The van der Waals surface area contributed by atoms with Crippen LogP contribution in [-0.4, -0.2) is 30.8 Å². The van der Waals surface area contributed by atoms with Gasteiger partial charge in [-0.2, -0.15) is 0 Å². The summed E-state index contributed by atoms with van der Waals surface area (Å²) in [5.41, 5.74) is 1.07. The Morgan fingerprint density at radius 2 is 2.25 bits per heavy atom. The van der Waals surface area contributed by atoms with Gasteiger partial charge in [0.05, 0.1) is 17.7 Å². The van der Waals surface area contributed by atoms with E-state index in [-0.39, 0.29) is 5.91 Å². The number of hydrogen-bond donors (Lipinski definition) is 2. The second-order valence-electron chi connectivity index (χ2n) is 4.72. The standard InChI is InChI=1S/C15H22BrNO3/c1-3-4-12(18)10-17-15(19)8-6-11-5-7-14(20-2)13(16)9-11/h5,7,9,12,18H,3-4,6,8,10H2,1-2H3,(H,17,19). The van der Waals surface area contributed by atoms with Crippen molar-refractivity contribution in [2.24, 2.45) is 0 Å². The van der Waals surface area contributed by atoms with Gasteiger partial charge >= 0.3 is 0 Å². The number of halogens is 1. The van der Waals surface area contributed by atoms with E-state index in [0.717, 1.165) is 22.2 Å². The molecule has 0 bridgehead atoms. The van der Waals surface area contributed by atoms with E-state index in [1.54, 1.807) is 7.11 Å². The average Bonchev–Trinajstić information content (AvgIpc) is 2.43. The van der Waals surface area contributed by atoms with Crippen molar-refractivity contribution < 1.29 is 14.6 Å². The molecule has 0 aliphatic carbocycles. The Labute approximate surface area is 128 Å². The molecule has 1 atom stereocenters. The van der Waals surface area contributed by atoms with E-state index in [2.05, 4.69) is 21.2 Å². The highest BCUT2D eigenvalue weighted by Gasteiger charge is 2.07. The maximum atomic E-state index is 11.7. The number of carbonyl (C=O) groups is 1. The molecule has 0 heterocycles. The summed E-state index contributed by atoms with van der Waals surface area (Å²) in [6, 6.07) is 5.78. The summed E-state index contributed by atoms with van der Waals surface area (Å²) >= 11 is 3.42. The zero-order valence-electron chi connectivity index (χ0n) is 12.0. The molecule has 4 nitrogen and oxygen atoms in total. The lowest BCUT2D eigenvalue weighted by Crippen LogP contribution is -2.32. The molecule has 0 aliphatic heterocycles. The van der Waals surface area contributed by atoms with E-state index in [9.17, 15) is 9.90 Å². The summed E-state index contributed by atoms with van der Waals surface area (Å²) in [4.78, 5) is 11.7. The van der Waals surface area contributed by atoms with Gasteiger partial charge in [0.2, 0.25) is 5.91 Å². The van der Waals surface area contributed by atoms with Gasteiger partial charge in [0.15, 0.2) is 0 Å². The summed E-state index contributed by atoms with van der Waals surface area (Å²) in [6.45, 7) is 2.34. The number of amides is 1. The Hall–Kier alpha value is -1.07. The largest absolute Gasteiger partial charge is 0.496 e. The van der Waals surface area contributed by atoms with Crippen molar-refractivity contribution in [1.82, 2.24) is 5.32 Å². The number of methoxy groups -OCH3 is 1. The van der Waals surface area contributed by atoms with Gasteiger partial charge in [-0.15, -0.1) is 0 Å². The third-order valence-electron chi connectivity index (χ3n) is 3.01. The first-order chi connectivity index (χ1) is 9.56. The molecule has 2 N–H and O–H groups in total. The fourth-order valence-electron chi connectivity index (χ4n) is 1.88. The molecule has 112 valence electrons. The third kappa shape index (κ3) is 5.92. The minimum absolute atomic E-state index is 0.0351. The summed E-state index contributed by atoms with van der Waals surface area (Å²) in [6.07, 6.45) is 2.26. The minimum atomic E-state index is -0.445. The SMILES string of the molecule is CCCC(O)CNC(=O)CCc1ccc(OC)c(Br)c1. The van der Waals surface area contributed by atoms with Crippen molar-refractivity contribution in [3.63, 3.8) is 0 Å². The van der Waals surface area contributed by atoms with Gasteiger partial charge in [-0.3, -0.25) is 4.79 Å². The van der Waals surface area contributed by atoms with Gasteiger partial charge in [0, 0.05) is 13.0 Å². The molecule has 1 amide bonds. The van der Waals surface area contributed by atoms with Crippen LogP contribution in [0.4, 0.5) is 0 Å². The number of nitrogens with one attached hydrogen (secondary N) is 1. The van der Waals surface area contributed by atoms with Crippen LogP contribution in [0.5, 0.6) is 5.75 Å². The van der Waals surface area contributed by atoms with Crippen molar-refractivity contribution in [3.8, 4) is 5.75 Å². The molecule has 0 fully saturated rings. The Morgan fingerprint density at radius 1 is 1.50 bits per heavy atom. The number of aryl methyl sites for hydroxylation is 1. The molecule has 1 unspecified atom stereocenters. The number of ether oxygens (including phenoxy) is 1. The number of aliphatic hydroxyl groups is 1. The molecule has 0 radical (unpaired) electrons. The predicted molar refractivity (Wildman–Crippen MR) is 82.9 cm³/mol. The summed E-state index contributed by atoms with van der Waals surface area (Å²) < 4.78 is 6.04. The molecule has 0 saturated heterocycles. The summed E-state index contributed by atoms with van der Waals surface area (Å²) in [5.74, 6) is 0.744. The Bertz CT molecular complexity index is 437. The van der Waals surface area contributed by atoms with Crippen LogP contribution in [0.25, 0.3) is 0 Å². The lowest BCUT2D eigenvalue weighted by molar-refractivity contribution is -0.121. The highest BCUT2D eigenvalue weighted by Crippen LogP contribution is 2.25. The quantitative estimate of drug-likeness (QED) is 0.762.